The van der Waals surface area contributed by atoms with Gasteiger partial charge in [-0.2, -0.15) is 0 Å². The molecule has 0 aromatic heterocycles. The van der Waals surface area contributed by atoms with Crippen molar-refractivity contribution in [2.75, 3.05) is 13.4 Å². The summed E-state index contributed by atoms with van der Waals surface area (Å²) in [6.45, 7) is 4.18. The van der Waals surface area contributed by atoms with Gasteiger partial charge in [0, 0.05) is 11.3 Å². The molecule has 2 rings (SSSR count). The SMILES string of the molecule is COc1ccc(SC)c(/C=C(\C)C2NNC(=O)CC2C)c1. The van der Waals surface area contributed by atoms with E-state index >= 15 is 0 Å². The summed E-state index contributed by atoms with van der Waals surface area (Å²) in [6, 6.07) is 6.24. The van der Waals surface area contributed by atoms with Crippen LogP contribution in [0.4, 0.5) is 0 Å². The second kappa shape index (κ2) is 7.00. The number of carbonyl (C=O) groups excluding carboxylic acids is 1. The smallest absolute Gasteiger partial charge is 0.234 e. The van der Waals surface area contributed by atoms with Crippen LogP contribution in [0.15, 0.2) is 28.7 Å². The van der Waals surface area contributed by atoms with Crippen LogP contribution in [0.25, 0.3) is 6.08 Å². The van der Waals surface area contributed by atoms with Crippen LogP contribution in [0.1, 0.15) is 25.8 Å². The maximum absolute atomic E-state index is 11.4. The quantitative estimate of drug-likeness (QED) is 0.840. The average molecular weight is 306 g/mol. The Morgan fingerprint density at radius 1 is 1.48 bits per heavy atom. The third-order valence-electron chi connectivity index (χ3n) is 3.75. The van der Waals surface area contributed by atoms with Gasteiger partial charge in [0.05, 0.1) is 13.2 Å². The molecule has 0 spiro atoms. The van der Waals surface area contributed by atoms with Crippen molar-refractivity contribution in [1.82, 2.24) is 10.9 Å². The van der Waals surface area contributed by atoms with Gasteiger partial charge in [0.1, 0.15) is 5.75 Å². The van der Waals surface area contributed by atoms with Gasteiger partial charge >= 0.3 is 0 Å². The van der Waals surface area contributed by atoms with E-state index in [0.29, 0.717) is 6.42 Å². The van der Waals surface area contributed by atoms with Gasteiger partial charge in [-0.05, 0) is 42.9 Å². The molecule has 0 bridgehead atoms. The number of methoxy groups -OCH3 is 1. The molecule has 1 aromatic carbocycles. The van der Waals surface area contributed by atoms with E-state index in [4.69, 9.17) is 4.74 Å². The Labute approximate surface area is 130 Å². The van der Waals surface area contributed by atoms with Gasteiger partial charge < -0.3 is 4.74 Å². The van der Waals surface area contributed by atoms with Gasteiger partial charge in [-0.3, -0.25) is 10.2 Å². The highest BCUT2D eigenvalue weighted by Crippen LogP contribution is 2.28. The predicted molar refractivity (Wildman–Crippen MR) is 87.3 cm³/mol. The molecule has 21 heavy (non-hydrogen) atoms. The molecular weight excluding hydrogens is 284 g/mol. The Hall–Kier alpha value is -1.46. The lowest BCUT2D eigenvalue weighted by Crippen LogP contribution is -2.53. The van der Waals surface area contributed by atoms with Crippen molar-refractivity contribution in [3.8, 4) is 5.75 Å². The fraction of sp³-hybridized carbons (Fsp3) is 0.438. The molecule has 1 aliphatic heterocycles. The molecule has 0 saturated carbocycles. The molecule has 0 radical (unpaired) electrons. The first kappa shape index (κ1) is 15.9. The first-order valence-electron chi connectivity index (χ1n) is 6.99. The maximum Gasteiger partial charge on any atom is 0.234 e. The highest BCUT2D eigenvalue weighted by Gasteiger charge is 2.26. The van der Waals surface area contributed by atoms with Crippen molar-refractivity contribution in [2.24, 2.45) is 5.92 Å². The standard InChI is InChI=1S/C16H22N2O2S/c1-10(16-11(2)8-15(19)17-18-16)7-12-9-13(20-3)5-6-14(12)21-4/h5-7,9,11,16,18H,8H2,1-4H3,(H,17,19)/b10-7+. The van der Waals surface area contributed by atoms with Crippen LogP contribution in [0.5, 0.6) is 5.75 Å². The molecule has 2 atom stereocenters. The number of hydrogen-bond donors (Lipinski definition) is 2. The molecule has 1 aromatic rings. The number of thioether (sulfide) groups is 1. The number of amides is 1. The Balaban J connectivity index is 2.27. The lowest BCUT2D eigenvalue weighted by molar-refractivity contribution is -0.125. The summed E-state index contributed by atoms with van der Waals surface area (Å²) >= 11 is 1.71. The molecular formula is C16H22N2O2S. The summed E-state index contributed by atoms with van der Waals surface area (Å²) in [5, 5.41) is 0. The predicted octanol–water partition coefficient (Wildman–Crippen LogP) is 2.85. The fourth-order valence-corrected chi connectivity index (χ4v) is 3.17. The van der Waals surface area contributed by atoms with Gasteiger partial charge in [0.2, 0.25) is 5.91 Å². The summed E-state index contributed by atoms with van der Waals surface area (Å²) in [5.41, 5.74) is 8.16. The summed E-state index contributed by atoms with van der Waals surface area (Å²) in [4.78, 5) is 12.6. The highest BCUT2D eigenvalue weighted by atomic mass is 32.2. The van der Waals surface area contributed by atoms with E-state index < -0.39 is 0 Å². The summed E-state index contributed by atoms with van der Waals surface area (Å²) in [5.74, 6) is 1.18. The van der Waals surface area contributed by atoms with Crippen LogP contribution in [0.2, 0.25) is 0 Å². The molecule has 1 heterocycles. The zero-order valence-electron chi connectivity index (χ0n) is 12.9. The van der Waals surface area contributed by atoms with Gasteiger partial charge in [0.25, 0.3) is 0 Å². The zero-order valence-corrected chi connectivity index (χ0v) is 13.7. The van der Waals surface area contributed by atoms with Gasteiger partial charge in [0.15, 0.2) is 0 Å². The molecule has 1 aliphatic rings. The third-order valence-corrected chi connectivity index (χ3v) is 4.57. The van der Waals surface area contributed by atoms with Crippen LogP contribution in [0, 0.1) is 5.92 Å². The number of ether oxygens (including phenoxy) is 1. The molecule has 0 aliphatic carbocycles. The number of nitrogens with one attached hydrogen (secondary N) is 2. The lowest BCUT2D eigenvalue weighted by Gasteiger charge is -2.31. The maximum atomic E-state index is 11.4. The molecule has 2 N–H and O–H groups in total. The van der Waals surface area contributed by atoms with E-state index in [2.05, 4.69) is 43.1 Å². The van der Waals surface area contributed by atoms with Crippen molar-refractivity contribution >= 4 is 23.7 Å². The second-order valence-corrected chi connectivity index (χ2v) is 6.20. The zero-order chi connectivity index (χ0) is 15.4. The third kappa shape index (κ3) is 3.80. The Kier molecular flexibility index (Phi) is 5.31. The van der Waals surface area contributed by atoms with Crippen LogP contribution < -0.4 is 15.6 Å². The molecule has 1 fully saturated rings. The van der Waals surface area contributed by atoms with Crippen molar-refractivity contribution in [2.45, 2.75) is 31.2 Å². The van der Waals surface area contributed by atoms with Crippen molar-refractivity contribution in [1.29, 1.82) is 0 Å². The molecule has 4 nitrogen and oxygen atoms in total. The van der Waals surface area contributed by atoms with Crippen LogP contribution in [-0.4, -0.2) is 25.3 Å². The number of rotatable bonds is 4. The normalized spacial score (nSPS) is 22.9. The van der Waals surface area contributed by atoms with E-state index in [0.717, 1.165) is 11.3 Å². The molecule has 5 heteroatoms. The minimum atomic E-state index is 0.0535. The van der Waals surface area contributed by atoms with E-state index in [-0.39, 0.29) is 17.9 Å². The fourth-order valence-electron chi connectivity index (χ4n) is 2.61. The summed E-state index contributed by atoms with van der Waals surface area (Å²) in [6.07, 6.45) is 4.78. The van der Waals surface area contributed by atoms with E-state index in [1.807, 2.05) is 12.1 Å². The molecule has 114 valence electrons. The van der Waals surface area contributed by atoms with Gasteiger partial charge in [-0.15, -0.1) is 11.8 Å². The Morgan fingerprint density at radius 2 is 2.24 bits per heavy atom. The van der Waals surface area contributed by atoms with Gasteiger partial charge in [-0.1, -0.05) is 18.6 Å². The molecule has 2 unspecified atom stereocenters. The Morgan fingerprint density at radius 3 is 2.86 bits per heavy atom. The van der Waals surface area contributed by atoms with Crippen molar-refractivity contribution in [3.05, 3.63) is 29.3 Å². The first-order chi connectivity index (χ1) is 10.0. The second-order valence-electron chi connectivity index (χ2n) is 5.35. The van der Waals surface area contributed by atoms with Crippen LogP contribution in [-0.2, 0) is 4.79 Å². The number of carbonyl (C=O) groups is 1. The van der Waals surface area contributed by atoms with E-state index in [1.54, 1.807) is 18.9 Å². The topological polar surface area (TPSA) is 50.4 Å². The minimum Gasteiger partial charge on any atom is -0.497 e. The summed E-state index contributed by atoms with van der Waals surface area (Å²) in [7, 11) is 1.68. The lowest BCUT2D eigenvalue weighted by atomic mass is 9.90. The minimum absolute atomic E-state index is 0.0535. The first-order valence-corrected chi connectivity index (χ1v) is 8.22. The van der Waals surface area contributed by atoms with Crippen molar-refractivity contribution in [3.63, 3.8) is 0 Å². The molecule has 1 amide bonds. The monoisotopic (exact) mass is 306 g/mol. The van der Waals surface area contributed by atoms with Gasteiger partial charge in [-0.25, -0.2) is 5.43 Å². The summed E-state index contributed by atoms with van der Waals surface area (Å²) < 4.78 is 5.31. The van der Waals surface area contributed by atoms with Crippen LogP contribution in [0.3, 0.4) is 0 Å². The van der Waals surface area contributed by atoms with E-state index in [9.17, 15) is 4.79 Å². The average Bonchev–Trinajstić information content (AvgIpc) is 2.46. The number of hydrazine groups is 1. The number of benzene rings is 1. The largest absolute Gasteiger partial charge is 0.497 e. The van der Waals surface area contributed by atoms with Crippen molar-refractivity contribution < 1.29 is 9.53 Å². The van der Waals surface area contributed by atoms with Crippen LogP contribution >= 0.6 is 11.8 Å². The Bertz CT molecular complexity index is 557. The van der Waals surface area contributed by atoms with E-state index in [1.165, 1.54) is 10.5 Å². The number of hydrogen-bond acceptors (Lipinski definition) is 4. The highest BCUT2D eigenvalue weighted by molar-refractivity contribution is 7.98. The molecule has 1 saturated heterocycles.